The Kier molecular flexibility index (Phi) is 4.38. The fraction of sp³-hybridized carbons (Fsp3) is 0.375. The van der Waals surface area contributed by atoms with Crippen LogP contribution in [0.25, 0.3) is 16.9 Å². The van der Waals surface area contributed by atoms with Crippen LogP contribution in [0.1, 0.15) is 18.7 Å². The third-order valence-corrected chi connectivity index (χ3v) is 4.01. The summed E-state index contributed by atoms with van der Waals surface area (Å²) in [4.78, 5) is 3.65. The summed E-state index contributed by atoms with van der Waals surface area (Å²) < 4.78 is 64.6. The molecular weight excluding hydrogens is 370 g/mol. The maximum absolute atomic E-state index is 14.3. The second-order valence-electron chi connectivity index (χ2n) is 6.05. The first-order valence-electron chi connectivity index (χ1n) is 8.07. The monoisotopic (exact) mass is 383 g/mol. The number of rotatable bonds is 7. The van der Waals surface area contributed by atoms with Crippen LogP contribution in [0.5, 0.6) is 5.88 Å². The Morgan fingerprint density at radius 3 is 2.74 bits per heavy atom. The molecule has 0 atom stereocenters. The van der Waals surface area contributed by atoms with Crippen molar-refractivity contribution in [3.63, 3.8) is 0 Å². The zero-order valence-corrected chi connectivity index (χ0v) is 13.8. The van der Waals surface area contributed by atoms with E-state index in [0.29, 0.717) is 0 Å². The minimum absolute atomic E-state index is 0.0766. The number of halogens is 4. The molecule has 1 saturated carbocycles. The van der Waals surface area contributed by atoms with Crippen molar-refractivity contribution in [2.75, 3.05) is 13.5 Å². The fourth-order valence-corrected chi connectivity index (χ4v) is 2.42. The molecule has 0 N–H and O–H groups in total. The van der Waals surface area contributed by atoms with Gasteiger partial charge < -0.3 is 9.47 Å². The van der Waals surface area contributed by atoms with Crippen LogP contribution in [-0.2, 0) is 10.8 Å². The minimum Gasteiger partial charge on any atom is -0.444 e. The van der Waals surface area contributed by atoms with Crippen molar-refractivity contribution in [3.05, 3.63) is 36.0 Å². The normalized spacial score (nSPS) is 14.7. The average molecular weight is 383 g/mol. The van der Waals surface area contributed by atoms with E-state index in [0.717, 1.165) is 23.4 Å². The summed E-state index contributed by atoms with van der Waals surface area (Å²) >= 11 is 0. The standard InChI is InChI=1S/C16H13F4N5O2/c17-8-26-14-11(18)5-10(6-21-14)12-3-4-13-22-23-15(25(13)24-12)16(19,20)27-7-9-1-2-9/h3-6,9H,1-2,7-8H2. The number of alkyl halides is 3. The molecule has 0 radical (unpaired) electrons. The molecule has 11 heteroatoms. The maximum atomic E-state index is 14.3. The summed E-state index contributed by atoms with van der Waals surface area (Å²) in [5, 5.41) is 11.2. The molecule has 7 nitrogen and oxygen atoms in total. The van der Waals surface area contributed by atoms with Gasteiger partial charge >= 0.3 is 6.11 Å². The van der Waals surface area contributed by atoms with Gasteiger partial charge in [-0.25, -0.2) is 13.8 Å². The Bertz CT molecular complexity index is 977. The predicted octanol–water partition coefficient (Wildman–Crippen LogP) is 3.11. The molecule has 1 aliphatic rings. The quantitative estimate of drug-likeness (QED) is 0.584. The Hall–Kier alpha value is -2.82. The van der Waals surface area contributed by atoms with Crippen LogP contribution in [0, 0.1) is 11.7 Å². The highest BCUT2D eigenvalue weighted by atomic mass is 19.3. The highest BCUT2D eigenvalue weighted by molar-refractivity contribution is 5.59. The van der Waals surface area contributed by atoms with Crippen LogP contribution in [-0.4, -0.2) is 38.3 Å². The molecular formula is C16H13F4N5O2. The summed E-state index contributed by atoms with van der Waals surface area (Å²) in [7, 11) is 0. The van der Waals surface area contributed by atoms with Crippen molar-refractivity contribution in [2.45, 2.75) is 19.0 Å². The van der Waals surface area contributed by atoms with Crippen LogP contribution in [0.3, 0.4) is 0 Å². The summed E-state index contributed by atoms with van der Waals surface area (Å²) in [6.45, 7) is -1.31. The van der Waals surface area contributed by atoms with Gasteiger partial charge in [0.25, 0.3) is 11.7 Å². The number of hydrogen-bond acceptors (Lipinski definition) is 6. The van der Waals surface area contributed by atoms with E-state index in [2.05, 4.69) is 25.0 Å². The molecule has 1 fully saturated rings. The molecule has 0 unspecified atom stereocenters. The summed E-state index contributed by atoms with van der Waals surface area (Å²) in [6, 6.07) is 3.86. The smallest absolute Gasteiger partial charge is 0.419 e. The van der Waals surface area contributed by atoms with Gasteiger partial charge in [-0.15, -0.1) is 10.2 Å². The number of hydrogen-bond donors (Lipinski definition) is 0. The Morgan fingerprint density at radius 1 is 1.22 bits per heavy atom. The molecule has 0 amide bonds. The lowest BCUT2D eigenvalue weighted by Crippen LogP contribution is -2.23. The second-order valence-corrected chi connectivity index (χ2v) is 6.05. The summed E-state index contributed by atoms with van der Waals surface area (Å²) in [6.07, 6.45) is -0.760. The number of nitrogens with zero attached hydrogens (tertiary/aromatic N) is 5. The van der Waals surface area contributed by atoms with Crippen molar-refractivity contribution in [1.29, 1.82) is 0 Å². The van der Waals surface area contributed by atoms with Gasteiger partial charge in [-0.3, -0.25) is 0 Å². The molecule has 0 aliphatic heterocycles. The van der Waals surface area contributed by atoms with Gasteiger partial charge in [0, 0.05) is 11.8 Å². The van der Waals surface area contributed by atoms with E-state index < -0.39 is 30.5 Å². The fourth-order valence-electron chi connectivity index (χ4n) is 2.42. The third-order valence-electron chi connectivity index (χ3n) is 4.01. The van der Waals surface area contributed by atoms with E-state index in [1.54, 1.807) is 0 Å². The third kappa shape index (κ3) is 3.54. The lowest BCUT2D eigenvalue weighted by molar-refractivity contribution is -0.257. The average Bonchev–Trinajstić information content (AvgIpc) is 3.38. The zero-order valence-electron chi connectivity index (χ0n) is 13.8. The van der Waals surface area contributed by atoms with Crippen LogP contribution in [0.4, 0.5) is 17.6 Å². The molecule has 0 saturated heterocycles. The highest BCUT2D eigenvalue weighted by Gasteiger charge is 2.41. The molecule has 4 rings (SSSR count). The summed E-state index contributed by atoms with van der Waals surface area (Å²) in [5.41, 5.74) is 0.400. The Balaban J connectivity index is 1.68. The van der Waals surface area contributed by atoms with Crippen LogP contribution >= 0.6 is 0 Å². The van der Waals surface area contributed by atoms with Crippen molar-refractivity contribution < 1.29 is 27.0 Å². The van der Waals surface area contributed by atoms with Gasteiger partial charge in [-0.2, -0.15) is 18.4 Å². The second kappa shape index (κ2) is 6.72. The number of aromatic nitrogens is 5. The first-order chi connectivity index (χ1) is 13.0. The molecule has 0 aromatic carbocycles. The van der Waals surface area contributed by atoms with E-state index in [4.69, 9.17) is 4.74 Å². The lowest BCUT2D eigenvalue weighted by atomic mass is 10.2. The van der Waals surface area contributed by atoms with Crippen LogP contribution in [0.2, 0.25) is 0 Å². The van der Waals surface area contributed by atoms with Gasteiger partial charge in [-0.05, 0) is 37.0 Å². The molecule has 27 heavy (non-hydrogen) atoms. The van der Waals surface area contributed by atoms with Crippen molar-refractivity contribution in [1.82, 2.24) is 24.8 Å². The van der Waals surface area contributed by atoms with Gasteiger partial charge in [-0.1, -0.05) is 0 Å². The van der Waals surface area contributed by atoms with E-state index >= 15 is 0 Å². The van der Waals surface area contributed by atoms with Crippen molar-refractivity contribution >= 4 is 5.65 Å². The number of pyridine rings is 1. The number of ether oxygens (including phenoxy) is 2. The lowest BCUT2D eigenvalue weighted by Gasteiger charge is -2.14. The molecule has 0 bridgehead atoms. The highest BCUT2D eigenvalue weighted by Crippen LogP contribution is 2.34. The van der Waals surface area contributed by atoms with E-state index in [9.17, 15) is 17.6 Å². The SMILES string of the molecule is FCOc1ncc(-c2ccc3nnc(C(F)(F)OCC4CC4)n3n2)cc1F. The zero-order chi connectivity index (χ0) is 19.0. The van der Waals surface area contributed by atoms with E-state index in [1.165, 1.54) is 18.3 Å². The largest absolute Gasteiger partial charge is 0.444 e. The van der Waals surface area contributed by atoms with E-state index in [-0.39, 0.29) is 29.4 Å². The molecule has 3 aromatic heterocycles. The number of fused-ring (bicyclic) bond motifs is 1. The minimum atomic E-state index is -3.67. The molecule has 1 aliphatic carbocycles. The van der Waals surface area contributed by atoms with Crippen molar-refractivity contribution in [3.8, 4) is 17.1 Å². The Labute approximate surface area is 149 Å². The van der Waals surface area contributed by atoms with Crippen LogP contribution in [0.15, 0.2) is 24.4 Å². The maximum Gasteiger partial charge on any atom is 0.419 e. The first kappa shape index (κ1) is 17.6. The van der Waals surface area contributed by atoms with Gasteiger partial charge in [0.05, 0.1) is 12.3 Å². The molecule has 3 aromatic rings. The topological polar surface area (TPSA) is 74.4 Å². The molecule has 142 valence electrons. The summed E-state index contributed by atoms with van der Waals surface area (Å²) in [5.74, 6) is -2.05. The van der Waals surface area contributed by atoms with Gasteiger partial charge in [0.15, 0.2) is 11.5 Å². The van der Waals surface area contributed by atoms with Gasteiger partial charge in [0.2, 0.25) is 6.86 Å². The van der Waals surface area contributed by atoms with Gasteiger partial charge in [0.1, 0.15) is 0 Å². The van der Waals surface area contributed by atoms with Crippen LogP contribution < -0.4 is 4.74 Å². The van der Waals surface area contributed by atoms with E-state index in [1.807, 2.05) is 0 Å². The first-order valence-corrected chi connectivity index (χ1v) is 8.07. The predicted molar refractivity (Wildman–Crippen MR) is 83.1 cm³/mol. The van der Waals surface area contributed by atoms with Crippen molar-refractivity contribution in [2.24, 2.45) is 5.92 Å². The molecule has 3 heterocycles. The molecule has 0 spiro atoms. The Morgan fingerprint density at radius 2 is 2.04 bits per heavy atom.